The molecule has 0 radical (unpaired) electrons. The highest BCUT2D eigenvalue weighted by atomic mass is 79.9. The van der Waals surface area contributed by atoms with Crippen molar-refractivity contribution in [2.24, 2.45) is 0 Å². The Hall–Kier alpha value is -2.95. The fourth-order valence-electron chi connectivity index (χ4n) is 2.36. The Kier molecular flexibility index (Phi) is 8.55. The first-order valence-corrected chi connectivity index (χ1v) is 11.3. The van der Waals surface area contributed by atoms with Crippen molar-refractivity contribution in [3.63, 3.8) is 0 Å². The standard InChI is InChI=1S/C13H12ClN3O4S.C7H6BrN/c1-15-12-7-6-9(17(18)19)8-13(12)22(20,21)16-11-5-3-2-4-10(11)14;8-7-3-1-6(5-9)2-4-7/h2-8,15-16H,1H3;1-5,9H. The third-order valence-corrected chi connectivity index (χ3v) is 6.15. The normalized spacial score (nSPS) is 10.4. The number of non-ortho nitro benzene ring substituents is 1. The first-order chi connectivity index (χ1) is 14.7. The van der Waals surface area contributed by atoms with Crippen molar-refractivity contribution in [1.82, 2.24) is 0 Å². The second kappa shape index (κ2) is 10.9. The van der Waals surface area contributed by atoms with Crippen molar-refractivity contribution in [2.75, 3.05) is 17.1 Å². The molecule has 3 aromatic carbocycles. The molecule has 3 rings (SSSR count). The molecule has 0 heterocycles. The summed E-state index contributed by atoms with van der Waals surface area (Å²) < 4.78 is 28.3. The second-order valence-corrected chi connectivity index (χ2v) is 8.94. The second-order valence-electron chi connectivity index (χ2n) is 5.97. The number of benzene rings is 3. The summed E-state index contributed by atoms with van der Waals surface area (Å²) in [6, 6.07) is 17.5. The Morgan fingerprint density at radius 1 is 1.06 bits per heavy atom. The Bertz CT molecular complexity index is 1190. The molecule has 11 heteroatoms. The Balaban J connectivity index is 0.000000316. The van der Waals surface area contributed by atoms with E-state index in [1.165, 1.54) is 37.5 Å². The molecule has 0 atom stereocenters. The van der Waals surface area contributed by atoms with E-state index in [2.05, 4.69) is 26.0 Å². The van der Waals surface area contributed by atoms with Crippen molar-refractivity contribution in [3.8, 4) is 0 Å². The number of nitrogens with zero attached hydrogens (tertiary/aromatic N) is 1. The maximum absolute atomic E-state index is 12.5. The zero-order valence-electron chi connectivity index (χ0n) is 16.2. The van der Waals surface area contributed by atoms with Gasteiger partial charge in [0.05, 0.1) is 21.3 Å². The lowest BCUT2D eigenvalue weighted by Crippen LogP contribution is -2.15. The van der Waals surface area contributed by atoms with Crippen LogP contribution in [0.15, 0.2) is 76.1 Å². The van der Waals surface area contributed by atoms with Gasteiger partial charge in [0, 0.05) is 29.9 Å². The summed E-state index contributed by atoms with van der Waals surface area (Å²) in [4.78, 5) is 9.95. The number of sulfonamides is 1. The predicted octanol–water partition coefficient (Wildman–Crippen LogP) is 5.54. The summed E-state index contributed by atoms with van der Waals surface area (Å²) >= 11 is 9.22. The molecular formula is C20H18BrClN4O4S. The molecule has 0 fully saturated rings. The number of anilines is 2. The Labute approximate surface area is 193 Å². The zero-order valence-corrected chi connectivity index (χ0v) is 19.3. The summed E-state index contributed by atoms with van der Waals surface area (Å²) in [5, 5.41) is 20.6. The molecule has 0 bridgehead atoms. The summed E-state index contributed by atoms with van der Waals surface area (Å²) in [7, 11) is -2.51. The number of hydrogen-bond donors (Lipinski definition) is 3. The minimum absolute atomic E-state index is 0.192. The van der Waals surface area contributed by atoms with E-state index in [-0.39, 0.29) is 27.0 Å². The van der Waals surface area contributed by atoms with Crippen LogP contribution in [-0.4, -0.2) is 26.6 Å². The van der Waals surface area contributed by atoms with E-state index in [1.807, 2.05) is 24.3 Å². The number of hydrogen-bond acceptors (Lipinski definition) is 6. The molecule has 0 aliphatic heterocycles. The summed E-state index contributed by atoms with van der Waals surface area (Å²) in [6.45, 7) is 0. The Morgan fingerprint density at radius 3 is 2.26 bits per heavy atom. The van der Waals surface area contributed by atoms with Gasteiger partial charge in [-0.25, -0.2) is 8.42 Å². The average molecular weight is 526 g/mol. The van der Waals surface area contributed by atoms with Crippen LogP contribution in [0.3, 0.4) is 0 Å². The molecular weight excluding hydrogens is 508 g/mol. The molecule has 8 nitrogen and oxygen atoms in total. The maximum Gasteiger partial charge on any atom is 0.270 e. The van der Waals surface area contributed by atoms with E-state index in [1.54, 1.807) is 12.1 Å². The van der Waals surface area contributed by atoms with Crippen LogP contribution < -0.4 is 10.0 Å². The first kappa shape index (κ1) is 24.3. The number of nitrogens with one attached hydrogen (secondary N) is 3. The molecule has 3 aromatic rings. The number of para-hydroxylation sites is 1. The van der Waals surface area contributed by atoms with Gasteiger partial charge in [0.15, 0.2) is 0 Å². The van der Waals surface area contributed by atoms with Gasteiger partial charge in [-0.15, -0.1) is 0 Å². The number of nitro benzene ring substituents is 1. The van der Waals surface area contributed by atoms with E-state index in [9.17, 15) is 18.5 Å². The third kappa shape index (κ3) is 6.78. The molecule has 3 N–H and O–H groups in total. The van der Waals surface area contributed by atoms with Gasteiger partial charge >= 0.3 is 0 Å². The van der Waals surface area contributed by atoms with Crippen LogP contribution in [0, 0.1) is 15.5 Å². The van der Waals surface area contributed by atoms with Crippen LogP contribution in [0.1, 0.15) is 5.56 Å². The first-order valence-electron chi connectivity index (χ1n) is 8.67. The molecule has 0 saturated carbocycles. The van der Waals surface area contributed by atoms with Gasteiger partial charge < -0.3 is 10.7 Å². The topological polar surface area (TPSA) is 125 Å². The van der Waals surface area contributed by atoms with E-state index >= 15 is 0 Å². The lowest BCUT2D eigenvalue weighted by atomic mass is 10.2. The fourth-order valence-corrected chi connectivity index (χ4v) is 4.17. The SMILES string of the molecule is CNc1ccc([N+](=O)[O-])cc1S(=O)(=O)Nc1ccccc1Cl.N=Cc1ccc(Br)cc1. The van der Waals surface area contributed by atoms with Gasteiger partial charge in [0.25, 0.3) is 15.7 Å². The van der Waals surface area contributed by atoms with Gasteiger partial charge in [-0.2, -0.15) is 0 Å². The van der Waals surface area contributed by atoms with Crippen LogP contribution in [0.2, 0.25) is 5.02 Å². The lowest BCUT2D eigenvalue weighted by molar-refractivity contribution is -0.385. The lowest BCUT2D eigenvalue weighted by Gasteiger charge is -2.12. The molecule has 0 unspecified atom stereocenters. The van der Waals surface area contributed by atoms with Crippen LogP contribution in [-0.2, 0) is 10.0 Å². The molecule has 0 saturated heterocycles. The average Bonchev–Trinajstić information content (AvgIpc) is 2.75. The fraction of sp³-hybridized carbons (Fsp3) is 0.0500. The molecule has 162 valence electrons. The van der Waals surface area contributed by atoms with Gasteiger partial charge in [-0.3, -0.25) is 14.8 Å². The molecule has 0 spiro atoms. The van der Waals surface area contributed by atoms with Gasteiger partial charge in [-0.05, 0) is 35.9 Å². The minimum Gasteiger partial charge on any atom is -0.387 e. The number of halogens is 2. The largest absolute Gasteiger partial charge is 0.387 e. The monoisotopic (exact) mass is 524 g/mol. The number of rotatable bonds is 6. The zero-order chi connectivity index (χ0) is 23.0. The van der Waals surface area contributed by atoms with Crippen molar-refractivity contribution in [3.05, 3.63) is 91.9 Å². The van der Waals surface area contributed by atoms with Crippen LogP contribution in [0.4, 0.5) is 17.1 Å². The summed E-state index contributed by atoms with van der Waals surface area (Å²) in [5.74, 6) is 0. The predicted molar refractivity (Wildman–Crippen MR) is 127 cm³/mol. The molecule has 0 aliphatic carbocycles. The quantitative estimate of drug-likeness (QED) is 0.221. The van der Waals surface area contributed by atoms with E-state index in [0.29, 0.717) is 0 Å². The molecule has 31 heavy (non-hydrogen) atoms. The van der Waals surface area contributed by atoms with Gasteiger partial charge in [0.1, 0.15) is 4.90 Å². The van der Waals surface area contributed by atoms with Crippen molar-refractivity contribution < 1.29 is 13.3 Å². The van der Waals surface area contributed by atoms with Crippen LogP contribution in [0.5, 0.6) is 0 Å². The van der Waals surface area contributed by atoms with E-state index in [0.717, 1.165) is 16.1 Å². The third-order valence-electron chi connectivity index (χ3n) is 3.89. The summed E-state index contributed by atoms with van der Waals surface area (Å²) in [6.07, 6.45) is 1.33. The van der Waals surface area contributed by atoms with Crippen LogP contribution in [0.25, 0.3) is 0 Å². The molecule has 0 aromatic heterocycles. The maximum atomic E-state index is 12.5. The highest BCUT2D eigenvalue weighted by Crippen LogP contribution is 2.29. The van der Waals surface area contributed by atoms with E-state index < -0.39 is 14.9 Å². The van der Waals surface area contributed by atoms with Gasteiger partial charge in [-0.1, -0.05) is 51.8 Å². The smallest absolute Gasteiger partial charge is 0.270 e. The van der Waals surface area contributed by atoms with Crippen LogP contribution >= 0.6 is 27.5 Å². The molecule has 0 aliphatic rings. The Morgan fingerprint density at radius 2 is 1.71 bits per heavy atom. The van der Waals surface area contributed by atoms with E-state index in [4.69, 9.17) is 17.0 Å². The van der Waals surface area contributed by atoms with Crippen molar-refractivity contribution >= 4 is 60.8 Å². The van der Waals surface area contributed by atoms with Crippen molar-refractivity contribution in [2.45, 2.75) is 4.90 Å². The summed E-state index contributed by atoms with van der Waals surface area (Å²) in [5.41, 5.74) is 1.04. The minimum atomic E-state index is -4.04. The van der Waals surface area contributed by atoms with Gasteiger partial charge in [0.2, 0.25) is 0 Å². The van der Waals surface area contributed by atoms with Crippen molar-refractivity contribution in [1.29, 1.82) is 5.41 Å². The highest BCUT2D eigenvalue weighted by molar-refractivity contribution is 9.10. The highest BCUT2D eigenvalue weighted by Gasteiger charge is 2.22. The number of nitro groups is 1. The molecule has 0 amide bonds.